The first-order valence-electron chi connectivity index (χ1n) is 5.87. The number of aromatic nitrogens is 3. The molecular formula is C13H9BrClFN4. The Bertz CT molecular complexity index is 692. The van der Waals surface area contributed by atoms with Crippen LogP contribution >= 0.6 is 27.5 Å². The van der Waals surface area contributed by atoms with E-state index in [4.69, 9.17) is 11.6 Å². The average Bonchev–Trinajstić information content (AvgIpc) is 2.85. The molecule has 0 bridgehead atoms. The quantitative estimate of drug-likeness (QED) is 0.772. The molecule has 0 saturated carbocycles. The molecule has 0 saturated heterocycles. The smallest absolute Gasteiger partial charge is 0.224 e. The van der Waals surface area contributed by atoms with Crippen molar-refractivity contribution < 1.29 is 4.39 Å². The summed E-state index contributed by atoms with van der Waals surface area (Å²) in [6.45, 7) is 0.693. The lowest BCUT2D eigenvalue weighted by Gasteiger charge is -2.17. The average molecular weight is 356 g/mol. The summed E-state index contributed by atoms with van der Waals surface area (Å²) in [5, 5.41) is 0.129. The number of anilines is 1. The highest BCUT2D eigenvalue weighted by molar-refractivity contribution is 9.10. The molecular weight excluding hydrogens is 347 g/mol. The predicted molar refractivity (Wildman–Crippen MR) is 79.4 cm³/mol. The summed E-state index contributed by atoms with van der Waals surface area (Å²) >= 11 is 9.33. The van der Waals surface area contributed by atoms with Crippen molar-refractivity contribution in [2.75, 3.05) is 18.0 Å². The zero-order chi connectivity index (χ0) is 14.1. The molecule has 4 nitrogen and oxygen atoms in total. The van der Waals surface area contributed by atoms with Gasteiger partial charge in [-0.1, -0.05) is 0 Å². The van der Waals surface area contributed by atoms with Crippen LogP contribution in [0.3, 0.4) is 0 Å². The minimum Gasteiger partial charge on any atom is -0.346 e. The Balaban J connectivity index is 1.99. The third-order valence-electron chi connectivity index (χ3n) is 2.89. The third kappa shape index (κ3) is 2.81. The molecule has 3 heterocycles. The van der Waals surface area contributed by atoms with Crippen molar-refractivity contribution in [3.05, 3.63) is 46.2 Å². The van der Waals surface area contributed by atoms with E-state index in [0.717, 1.165) is 10.0 Å². The maximum absolute atomic E-state index is 13.2. The van der Waals surface area contributed by atoms with E-state index in [9.17, 15) is 4.39 Å². The van der Waals surface area contributed by atoms with E-state index in [1.807, 2.05) is 6.07 Å². The number of hydrogen-bond acceptors (Lipinski definition) is 4. The summed E-state index contributed by atoms with van der Waals surface area (Å²) in [4.78, 5) is 14.2. The lowest BCUT2D eigenvalue weighted by molar-refractivity contribution is 0.625. The van der Waals surface area contributed by atoms with Crippen LogP contribution in [-0.2, 0) is 0 Å². The van der Waals surface area contributed by atoms with E-state index >= 15 is 0 Å². The molecule has 0 unspecified atom stereocenters. The fraction of sp³-hybridized carbons (Fsp3) is 0.154. The fourth-order valence-electron chi connectivity index (χ4n) is 1.96. The van der Waals surface area contributed by atoms with E-state index in [-0.39, 0.29) is 17.7 Å². The van der Waals surface area contributed by atoms with E-state index in [1.54, 1.807) is 23.4 Å². The van der Waals surface area contributed by atoms with Gasteiger partial charge in [-0.25, -0.2) is 14.4 Å². The van der Waals surface area contributed by atoms with Gasteiger partial charge in [-0.2, -0.15) is 0 Å². The molecule has 20 heavy (non-hydrogen) atoms. The number of rotatable bonds is 2. The normalized spacial score (nSPS) is 14.6. The second kappa shape index (κ2) is 5.46. The van der Waals surface area contributed by atoms with E-state index < -0.39 is 0 Å². The van der Waals surface area contributed by atoms with Crippen molar-refractivity contribution in [3.8, 4) is 11.3 Å². The Hall–Kier alpha value is -1.53. The first kappa shape index (κ1) is 13.5. The van der Waals surface area contributed by atoms with Crippen LogP contribution in [0, 0.1) is 0 Å². The molecule has 1 aliphatic rings. The minimum absolute atomic E-state index is 0.129. The zero-order valence-corrected chi connectivity index (χ0v) is 12.6. The van der Waals surface area contributed by atoms with Gasteiger partial charge in [-0.15, -0.1) is 0 Å². The van der Waals surface area contributed by atoms with Crippen molar-refractivity contribution in [1.29, 1.82) is 0 Å². The zero-order valence-electron chi connectivity index (χ0n) is 10.2. The summed E-state index contributed by atoms with van der Waals surface area (Å²) in [5.74, 6) is 0.439. The molecule has 1 aliphatic heterocycles. The highest BCUT2D eigenvalue weighted by Crippen LogP contribution is 2.26. The van der Waals surface area contributed by atoms with Gasteiger partial charge < -0.3 is 4.90 Å². The topological polar surface area (TPSA) is 41.9 Å². The second-order valence-corrected chi connectivity index (χ2v) is 5.56. The van der Waals surface area contributed by atoms with Gasteiger partial charge in [0.1, 0.15) is 11.6 Å². The van der Waals surface area contributed by atoms with Gasteiger partial charge in [0.2, 0.25) is 5.28 Å². The van der Waals surface area contributed by atoms with Crippen molar-refractivity contribution in [1.82, 2.24) is 15.0 Å². The molecule has 0 fully saturated rings. The lowest BCUT2D eigenvalue weighted by atomic mass is 10.2. The lowest BCUT2D eigenvalue weighted by Crippen LogP contribution is -2.20. The van der Waals surface area contributed by atoms with Gasteiger partial charge in [0.15, 0.2) is 0 Å². The molecule has 3 rings (SSSR count). The Morgan fingerprint density at radius 3 is 2.80 bits per heavy atom. The van der Waals surface area contributed by atoms with Crippen molar-refractivity contribution in [3.63, 3.8) is 0 Å². The molecule has 2 aromatic rings. The molecule has 2 aromatic heterocycles. The molecule has 0 amide bonds. The second-order valence-electron chi connectivity index (χ2n) is 4.30. The summed E-state index contributed by atoms with van der Waals surface area (Å²) in [6.07, 6.45) is 4.90. The Morgan fingerprint density at radius 1 is 1.25 bits per heavy atom. The fourth-order valence-corrected chi connectivity index (χ4v) is 2.51. The SMILES string of the molecule is FC1=CCN(c2cc(-c3cncc(Br)c3)nc(Cl)n2)C1. The number of hydrogen-bond donors (Lipinski definition) is 0. The van der Waals surface area contributed by atoms with Crippen molar-refractivity contribution in [2.45, 2.75) is 0 Å². The van der Waals surface area contributed by atoms with Gasteiger partial charge >= 0.3 is 0 Å². The minimum atomic E-state index is -0.162. The largest absolute Gasteiger partial charge is 0.346 e. The summed E-state index contributed by atoms with van der Waals surface area (Å²) < 4.78 is 14.0. The first-order valence-corrected chi connectivity index (χ1v) is 7.04. The maximum atomic E-state index is 13.2. The predicted octanol–water partition coefficient (Wildman–Crippen LogP) is 3.63. The van der Waals surface area contributed by atoms with Crippen LogP contribution in [0.1, 0.15) is 0 Å². The van der Waals surface area contributed by atoms with Crippen LogP contribution < -0.4 is 4.90 Å². The summed E-state index contributed by atoms with van der Waals surface area (Å²) in [5.41, 5.74) is 1.47. The van der Waals surface area contributed by atoms with Gasteiger partial charge in [-0.3, -0.25) is 4.98 Å². The number of pyridine rings is 1. The Labute approximate surface area is 128 Å². The molecule has 0 aliphatic carbocycles. The van der Waals surface area contributed by atoms with Crippen molar-refractivity contribution in [2.24, 2.45) is 0 Å². The Morgan fingerprint density at radius 2 is 2.10 bits per heavy atom. The van der Waals surface area contributed by atoms with Crippen LogP contribution in [0.15, 0.2) is 40.9 Å². The number of nitrogens with zero attached hydrogens (tertiary/aromatic N) is 4. The maximum Gasteiger partial charge on any atom is 0.224 e. The highest BCUT2D eigenvalue weighted by atomic mass is 79.9. The number of halogens is 3. The summed E-state index contributed by atoms with van der Waals surface area (Å²) in [7, 11) is 0. The monoisotopic (exact) mass is 354 g/mol. The first-order chi connectivity index (χ1) is 9.61. The third-order valence-corrected chi connectivity index (χ3v) is 3.49. The van der Waals surface area contributed by atoms with Crippen LogP contribution in [0.2, 0.25) is 5.28 Å². The van der Waals surface area contributed by atoms with Crippen LogP contribution in [0.4, 0.5) is 10.2 Å². The highest BCUT2D eigenvalue weighted by Gasteiger charge is 2.17. The standard InChI is InChI=1S/C13H9BrClFN4/c14-9-3-8(5-17-6-9)11-4-12(19-13(15)18-11)20-2-1-10(16)7-20/h1,3-6H,2,7H2. The van der Waals surface area contributed by atoms with Crippen molar-refractivity contribution >= 4 is 33.3 Å². The molecule has 102 valence electrons. The van der Waals surface area contributed by atoms with Gasteiger partial charge in [-0.05, 0) is 39.7 Å². The van der Waals surface area contributed by atoms with E-state index in [0.29, 0.717) is 18.1 Å². The molecule has 0 atom stereocenters. The van der Waals surface area contributed by atoms with Gasteiger partial charge in [0, 0.05) is 35.0 Å². The van der Waals surface area contributed by atoms with Gasteiger partial charge in [0.25, 0.3) is 0 Å². The molecule has 7 heteroatoms. The molecule has 0 aromatic carbocycles. The van der Waals surface area contributed by atoms with Crippen LogP contribution in [-0.4, -0.2) is 28.0 Å². The molecule has 0 spiro atoms. The summed E-state index contributed by atoms with van der Waals surface area (Å²) in [6, 6.07) is 3.67. The molecule has 0 radical (unpaired) electrons. The van der Waals surface area contributed by atoms with Gasteiger partial charge in [0.05, 0.1) is 12.2 Å². The van der Waals surface area contributed by atoms with Crippen LogP contribution in [0.25, 0.3) is 11.3 Å². The van der Waals surface area contributed by atoms with Crippen LogP contribution in [0.5, 0.6) is 0 Å². The molecule has 0 N–H and O–H groups in total. The Kier molecular flexibility index (Phi) is 3.67. The van der Waals surface area contributed by atoms with E-state index in [2.05, 4.69) is 30.9 Å². The van der Waals surface area contributed by atoms with E-state index in [1.165, 1.54) is 6.08 Å².